The van der Waals surface area contributed by atoms with Crippen LogP contribution < -0.4 is 5.32 Å². The third kappa shape index (κ3) is 3.42. The minimum absolute atomic E-state index is 0.117. The number of rotatable bonds is 4. The summed E-state index contributed by atoms with van der Waals surface area (Å²) in [6.45, 7) is 6.29. The van der Waals surface area contributed by atoms with E-state index in [9.17, 15) is 0 Å². The number of hydrogen-bond donors (Lipinski definition) is 1. The van der Waals surface area contributed by atoms with E-state index in [0.29, 0.717) is 6.04 Å². The molecule has 15 heavy (non-hydrogen) atoms. The minimum Gasteiger partial charge on any atom is -0.297 e. The van der Waals surface area contributed by atoms with E-state index in [4.69, 9.17) is 6.42 Å². The van der Waals surface area contributed by atoms with Gasteiger partial charge in [0, 0.05) is 6.04 Å². The topological polar surface area (TPSA) is 12.0 Å². The van der Waals surface area contributed by atoms with Crippen LogP contribution in [0.2, 0.25) is 0 Å². The summed E-state index contributed by atoms with van der Waals surface area (Å²) in [5.74, 6) is 2.68. The zero-order valence-corrected chi connectivity index (χ0v) is 9.75. The molecule has 0 aliphatic carbocycles. The summed E-state index contributed by atoms with van der Waals surface area (Å²) in [5, 5.41) is 3.35. The maximum absolute atomic E-state index is 5.33. The van der Waals surface area contributed by atoms with Gasteiger partial charge >= 0.3 is 0 Å². The molecule has 0 aliphatic rings. The molecule has 2 atom stereocenters. The molecule has 2 unspecified atom stereocenters. The lowest BCUT2D eigenvalue weighted by Crippen LogP contribution is -2.27. The summed E-state index contributed by atoms with van der Waals surface area (Å²) in [7, 11) is 0. The molecule has 0 fully saturated rings. The van der Waals surface area contributed by atoms with Gasteiger partial charge in [-0.15, -0.1) is 6.42 Å². The Bertz CT molecular complexity index is 331. The molecule has 1 N–H and O–H groups in total. The van der Waals surface area contributed by atoms with Gasteiger partial charge in [0.1, 0.15) is 0 Å². The van der Waals surface area contributed by atoms with Crippen molar-refractivity contribution in [2.75, 3.05) is 0 Å². The maximum atomic E-state index is 5.33. The van der Waals surface area contributed by atoms with Crippen molar-refractivity contribution in [2.24, 2.45) is 0 Å². The van der Waals surface area contributed by atoms with Crippen LogP contribution in [0.25, 0.3) is 0 Å². The molecular formula is C14H19N. The fourth-order valence-electron chi connectivity index (χ4n) is 1.56. The molecule has 0 saturated heterocycles. The largest absolute Gasteiger partial charge is 0.297 e. The monoisotopic (exact) mass is 201 g/mol. The fraction of sp³-hybridized carbons (Fsp3) is 0.429. The number of nitrogens with one attached hydrogen (secondary N) is 1. The van der Waals surface area contributed by atoms with Crippen molar-refractivity contribution in [1.29, 1.82) is 0 Å². The first-order valence-electron chi connectivity index (χ1n) is 5.48. The average Bonchev–Trinajstić information content (AvgIpc) is 2.29. The standard InChI is InChI=1S/C14H19N/c1-5-11(3)15-12(4)14-9-7-13(6-2)8-10-14/h1,7-12,15H,6H2,2-4H3. The van der Waals surface area contributed by atoms with E-state index in [1.165, 1.54) is 11.1 Å². The zero-order valence-electron chi connectivity index (χ0n) is 9.75. The Labute approximate surface area is 92.9 Å². The third-order valence-corrected chi connectivity index (χ3v) is 2.64. The quantitative estimate of drug-likeness (QED) is 0.739. The van der Waals surface area contributed by atoms with Crippen molar-refractivity contribution < 1.29 is 0 Å². The van der Waals surface area contributed by atoms with Crippen LogP contribution in [0.3, 0.4) is 0 Å². The highest BCUT2D eigenvalue weighted by Crippen LogP contribution is 2.14. The molecular weight excluding hydrogens is 182 g/mol. The molecule has 0 spiro atoms. The van der Waals surface area contributed by atoms with Gasteiger partial charge in [-0.05, 0) is 31.4 Å². The predicted octanol–water partition coefficient (Wildman–Crippen LogP) is 2.92. The molecule has 1 rings (SSSR count). The Morgan fingerprint density at radius 1 is 1.27 bits per heavy atom. The van der Waals surface area contributed by atoms with E-state index in [-0.39, 0.29) is 6.04 Å². The van der Waals surface area contributed by atoms with Crippen molar-refractivity contribution in [3.05, 3.63) is 35.4 Å². The van der Waals surface area contributed by atoms with Gasteiger partial charge in [0.05, 0.1) is 6.04 Å². The first kappa shape index (κ1) is 11.8. The third-order valence-electron chi connectivity index (χ3n) is 2.64. The molecule has 1 heteroatoms. The summed E-state index contributed by atoms with van der Waals surface area (Å²) < 4.78 is 0. The van der Waals surface area contributed by atoms with Crippen molar-refractivity contribution in [3.63, 3.8) is 0 Å². The van der Waals surface area contributed by atoms with E-state index in [1.807, 2.05) is 6.92 Å². The number of terminal acetylenes is 1. The van der Waals surface area contributed by atoms with Gasteiger partial charge < -0.3 is 0 Å². The molecule has 0 heterocycles. The second-order valence-electron chi connectivity index (χ2n) is 3.87. The second-order valence-corrected chi connectivity index (χ2v) is 3.87. The van der Waals surface area contributed by atoms with Crippen molar-refractivity contribution in [2.45, 2.75) is 39.3 Å². The van der Waals surface area contributed by atoms with Crippen LogP contribution in [0.5, 0.6) is 0 Å². The Kier molecular flexibility index (Phi) is 4.39. The lowest BCUT2D eigenvalue weighted by molar-refractivity contribution is 0.546. The van der Waals surface area contributed by atoms with Crippen LogP contribution in [-0.4, -0.2) is 6.04 Å². The van der Waals surface area contributed by atoms with Crippen LogP contribution >= 0.6 is 0 Å². The second kappa shape index (κ2) is 5.58. The highest BCUT2D eigenvalue weighted by atomic mass is 14.9. The Hall–Kier alpha value is -1.26. The van der Waals surface area contributed by atoms with Crippen molar-refractivity contribution >= 4 is 0 Å². The normalized spacial score (nSPS) is 14.3. The summed E-state index contributed by atoms with van der Waals surface area (Å²) in [4.78, 5) is 0. The van der Waals surface area contributed by atoms with Crippen LogP contribution in [0.4, 0.5) is 0 Å². The summed E-state index contributed by atoms with van der Waals surface area (Å²) >= 11 is 0. The molecule has 1 aromatic rings. The maximum Gasteiger partial charge on any atom is 0.0662 e. The highest BCUT2D eigenvalue weighted by molar-refractivity contribution is 5.25. The van der Waals surface area contributed by atoms with E-state index in [0.717, 1.165) is 6.42 Å². The lowest BCUT2D eigenvalue weighted by Gasteiger charge is -2.16. The van der Waals surface area contributed by atoms with Gasteiger partial charge in [-0.2, -0.15) is 0 Å². The van der Waals surface area contributed by atoms with Gasteiger partial charge in [-0.25, -0.2) is 0 Å². The van der Waals surface area contributed by atoms with Crippen LogP contribution in [-0.2, 0) is 6.42 Å². The van der Waals surface area contributed by atoms with Crippen molar-refractivity contribution in [3.8, 4) is 12.3 Å². The van der Waals surface area contributed by atoms with Gasteiger partial charge in [-0.1, -0.05) is 37.1 Å². The van der Waals surface area contributed by atoms with Gasteiger partial charge in [0.2, 0.25) is 0 Å². The highest BCUT2D eigenvalue weighted by Gasteiger charge is 2.06. The van der Waals surface area contributed by atoms with Crippen molar-refractivity contribution in [1.82, 2.24) is 5.32 Å². The molecule has 1 nitrogen and oxygen atoms in total. The Morgan fingerprint density at radius 2 is 1.87 bits per heavy atom. The van der Waals surface area contributed by atoms with Gasteiger partial charge in [0.25, 0.3) is 0 Å². The SMILES string of the molecule is C#CC(C)NC(C)c1ccc(CC)cc1. The van der Waals surface area contributed by atoms with E-state index in [2.05, 4.69) is 49.4 Å². The van der Waals surface area contributed by atoms with E-state index in [1.54, 1.807) is 0 Å². The number of aryl methyl sites for hydroxylation is 1. The van der Waals surface area contributed by atoms with E-state index < -0.39 is 0 Å². The van der Waals surface area contributed by atoms with Crippen LogP contribution in [0, 0.1) is 12.3 Å². The molecule has 0 radical (unpaired) electrons. The molecule has 0 saturated carbocycles. The van der Waals surface area contributed by atoms with Crippen LogP contribution in [0.15, 0.2) is 24.3 Å². The Morgan fingerprint density at radius 3 is 2.33 bits per heavy atom. The average molecular weight is 201 g/mol. The van der Waals surface area contributed by atoms with E-state index >= 15 is 0 Å². The minimum atomic E-state index is 0.117. The molecule has 0 aliphatic heterocycles. The lowest BCUT2D eigenvalue weighted by atomic mass is 10.0. The first-order chi connectivity index (χ1) is 7.17. The molecule has 0 aromatic heterocycles. The fourth-order valence-corrected chi connectivity index (χ4v) is 1.56. The zero-order chi connectivity index (χ0) is 11.3. The molecule has 0 amide bonds. The summed E-state index contributed by atoms with van der Waals surface area (Å²) in [6, 6.07) is 9.11. The number of benzene rings is 1. The molecule has 0 bridgehead atoms. The summed E-state index contributed by atoms with van der Waals surface area (Å²) in [6.07, 6.45) is 6.42. The summed E-state index contributed by atoms with van der Waals surface area (Å²) in [5.41, 5.74) is 2.66. The smallest absolute Gasteiger partial charge is 0.0662 e. The Balaban J connectivity index is 2.66. The van der Waals surface area contributed by atoms with Crippen LogP contribution in [0.1, 0.15) is 37.9 Å². The van der Waals surface area contributed by atoms with Gasteiger partial charge in [-0.3, -0.25) is 5.32 Å². The predicted molar refractivity (Wildman–Crippen MR) is 65.7 cm³/mol. The first-order valence-corrected chi connectivity index (χ1v) is 5.48. The van der Waals surface area contributed by atoms with Gasteiger partial charge in [0.15, 0.2) is 0 Å². The molecule has 1 aromatic carbocycles. The number of hydrogen-bond acceptors (Lipinski definition) is 1. The molecule has 80 valence electrons.